The number of hydrogen-bond donors (Lipinski definition) is 3. The number of carbonyl (C=O) groups is 1. The Labute approximate surface area is 169 Å². The van der Waals surface area contributed by atoms with Gasteiger partial charge in [0.15, 0.2) is 11.4 Å². The topological polar surface area (TPSA) is 94.7 Å². The van der Waals surface area contributed by atoms with Gasteiger partial charge < -0.3 is 15.1 Å². The van der Waals surface area contributed by atoms with Gasteiger partial charge in [0.2, 0.25) is 0 Å². The molecule has 6 nitrogen and oxygen atoms in total. The zero-order valence-corrected chi connectivity index (χ0v) is 17.0. The van der Waals surface area contributed by atoms with E-state index in [4.69, 9.17) is 0 Å². The first kappa shape index (κ1) is 19.3. The SMILES string of the molecule is Cc1nc2nccc(-c3cc4ccc(C(=O)C[C@@H](CO)CC(C)C)cc4[nH]3)c2[nH]1. The number of imidazole rings is 1. The number of hydrogen-bond acceptors (Lipinski definition) is 4. The van der Waals surface area contributed by atoms with Crippen molar-refractivity contribution in [2.75, 3.05) is 6.61 Å². The maximum Gasteiger partial charge on any atom is 0.178 e. The number of benzene rings is 1. The van der Waals surface area contributed by atoms with Gasteiger partial charge in [0.1, 0.15) is 5.82 Å². The monoisotopic (exact) mass is 390 g/mol. The molecule has 3 aromatic heterocycles. The molecule has 0 aliphatic carbocycles. The maximum atomic E-state index is 12.7. The molecule has 0 aliphatic rings. The Morgan fingerprint density at radius 1 is 1.17 bits per heavy atom. The second-order valence-electron chi connectivity index (χ2n) is 8.17. The number of rotatable bonds is 7. The summed E-state index contributed by atoms with van der Waals surface area (Å²) < 4.78 is 0. The van der Waals surface area contributed by atoms with E-state index in [1.54, 1.807) is 6.20 Å². The van der Waals surface area contributed by atoms with E-state index in [0.29, 0.717) is 23.5 Å². The number of nitrogens with one attached hydrogen (secondary N) is 2. The zero-order chi connectivity index (χ0) is 20.5. The number of aliphatic hydroxyl groups is 1. The van der Waals surface area contributed by atoms with Crippen molar-refractivity contribution >= 4 is 27.9 Å². The maximum absolute atomic E-state index is 12.7. The van der Waals surface area contributed by atoms with Crippen LogP contribution in [0.3, 0.4) is 0 Å². The van der Waals surface area contributed by atoms with Crippen molar-refractivity contribution in [1.82, 2.24) is 19.9 Å². The van der Waals surface area contributed by atoms with Crippen LogP contribution in [0.4, 0.5) is 0 Å². The molecule has 29 heavy (non-hydrogen) atoms. The molecule has 4 aromatic rings. The fourth-order valence-corrected chi connectivity index (χ4v) is 3.97. The lowest BCUT2D eigenvalue weighted by Crippen LogP contribution is -2.14. The Kier molecular flexibility index (Phi) is 5.20. The van der Waals surface area contributed by atoms with Gasteiger partial charge in [-0.15, -0.1) is 0 Å². The summed E-state index contributed by atoms with van der Waals surface area (Å²) >= 11 is 0. The van der Waals surface area contributed by atoms with Crippen molar-refractivity contribution in [3.63, 3.8) is 0 Å². The molecular weight excluding hydrogens is 364 g/mol. The summed E-state index contributed by atoms with van der Waals surface area (Å²) in [6.45, 7) is 6.17. The van der Waals surface area contributed by atoms with Crippen molar-refractivity contribution in [3.8, 4) is 11.3 Å². The predicted molar refractivity (Wildman–Crippen MR) is 115 cm³/mol. The molecule has 0 bridgehead atoms. The van der Waals surface area contributed by atoms with E-state index < -0.39 is 0 Å². The number of carbonyl (C=O) groups excluding carboxylic acids is 1. The van der Waals surface area contributed by atoms with E-state index in [9.17, 15) is 9.90 Å². The van der Waals surface area contributed by atoms with E-state index in [1.165, 1.54) is 0 Å². The van der Waals surface area contributed by atoms with Crippen LogP contribution in [-0.2, 0) is 0 Å². The molecule has 0 fully saturated rings. The van der Waals surface area contributed by atoms with Gasteiger partial charge in [0.25, 0.3) is 0 Å². The molecule has 1 aromatic carbocycles. The third-order valence-electron chi connectivity index (χ3n) is 5.28. The molecule has 1 atom stereocenters. The van der Waals surface area contributed by atoms with Crippen LogP contribution in [0.1, 0.15) is 42.9 Å². The van der Waals surface area contributed by atoms with E-state index in [-0.39, 0.29) is 18.3 Å². The van der Waals surface area contributed by atoms with Crippen molar-refractivity contribution in [1.29, 1.82) is 0 Å². The summed E-state index contributed by atoms with van der Waals surface area (Å²) in [6, 6.07) is 9.77. The number of aromatic amines is 2. The molecule has 0 spiro atoms. The van der Waals surface area contributed by atoms with Gasteiger partial charge in [-0.05, 0) is 43.4 Å². The second kappa shape index (κ2) is 7.79. The van der Waals surface area contributed by atoms with Crippen molar-refractivity contribution in [2.45, 2.75) is 33.6 Å². The highest BCUT2D eigenvalue weighted by Crippen LogP contribution is 2.29. The number of H-pyrrole nitrogens is 2. The summed E-state index contributed by atoms with van der Waals surface area (Å²) in [5, 5.41) is 10.6. The lowest BCUT2D eigenvalue weighted by atomic mass is 9.91. The average molecular weight is 390 g/mol. The van der Waals surface area contributed by atoms with Crippen LogP contribution in [0.5, 0.6) is 0 Å². The first-order valence-electron chi connectivity index (χ1n) is 10.0. The number of aromatic nitrogens is 4. The Hall–Kier alpha value is -2.99. The standard InChI is InChI=1S/C23H26N4O2/c1-13(2)8-15(12-28)9-21(29)17-5-4-16-10-20(27-19(16)11-17)18-6-7-24-23-22(18)25-14(3)26-23/h4-7,10-11,13,15,27-28H,8-9,12H2,1-3H3,(H,24,25,26)/t15-/m0/s1. The minimum atomic E-state index is 0.00567. The van der Waals surface area contributed by atoms with Crippen molar-refractivity contribution < 1.29 is 9.90 Å². The van der Waals surface area contributed by atoms with Crippen LogP contribution in [0.25, 0.3) is 33.3 Å². The number of aliphatic hydroxyl groups excluding tert-OH is 1. The Morgan fingerprint density at radius 2 is 2.00 bits per heavy atom. The molecule has 0 radical (unpaired) electrons. The zero-order valence-electron chi connectivity index (χ0n) is 17.0. The molecule has 4 rings (SSSR count). The Balaban J connectivity index is 1.65. The molecule has 0 amide bonds. The summed E-state index contributed by atoms with van der Waals surface area (Å²) in [7, 11) is 0. The number of fused-ring (bicyclic) bond motifs is 2. The highest BCUT2D eigenvalue weighted by atomic mass is 16.3. The van der Waals surface area contributed by atoms with Gasteiger partial charge in [-0.2, -0.15) is 0 Å². The summed E-state index contributed by atoms with van der Waals surface area (Å²) in [5.41, 5.74) is 5.12. The van der Waals surface area contributed by atoms with Gasteiger partial charge in [-0.3, -0.25) is 4.79 Å². The van der Waals surface area contributed by atoms with E-state index in [0.717, 1.165) is 39.9 Å². The van der Waals surface area contributed by atoms with Crippen molar-refractivity contribution in [3.05, 3.63) is 47.9 Å². The van der Waals surface area contributed by atoms with Crippen LogP contribution in [-0.4, -0.2) is 37.4 Å². The molecule has 6 heteroatoms. The van der Waals surface area contributed by atoms with Crippen molar-refractivity contribution in [2.24, 2.45) is 11.8 Å². The summed E-state index contributed by atoms with van der Waals surface area (Å²) in [4.78, 5) is 28.2. The number of nitrogens with zero attached hydrogens (tertiary/aromatic N) is 2. The first-order chi connectivity index (χ1) is 13.9. The predicted octanol–water partition coefficient (Wildman–Crippen LogP) is 4.64. The second-order valence-corrected chi connectivity index (χ2v) is 8.17. The fourth-order valence-electron chi connectivity index (χ4n) is 3.97. The molecule has 3 heterocycles. The molecule has 150 valence electrons. The third-order valence-corrected chi connectivity index (χ3v) is 5.28. The highest BCUT2D eigenvalue weighted by molar-refractivity contribution is 6.01. The molecular formula is C23H26N4O2. The van der Waals surface area contributed by atoms with Crippen LogP contribution in [0.15, 0.2) is 36.5 Å². The Morgan fingerprint density at radius 3 is 2.76 bits per heavy atom. The van der Waals surface area contributed by atoms with E-state index in [2.05, 4.69) is 39.8 Å². The number of aryl methyl sites for hydroxylation is 1. The number of pyridine rings is 1. The van der Waals surface area contributed by atoms with Gasteiger partial charge in [0.05, 0.1) is 5.52 Å². The van der Waals surface area contributed by atoms with Gasteiger partial charge in [-0.1, -0.05) is 26.0 Å². The fraction of sp³-hybridized carbons (Fsp3) is 0.348. The van der Waals surface area contributed by atoms with Crippen LogP contribution >= 0.6 is 0 Å². The minimum Gasteiger partial charge on any atom is -0.396 e. The minimum absolute atomic E-state index is 0.00567. The number of ketones is 1. The van der Waals surface area contributed by atoms with E-state index in [1.807, 2.05) is 31.2 Å². The van der Waals surface area contributed by atoms with E-state index >= 15 is 0 Å². The largest absolute Gasteiger partial charge is 0.396 e. The molecule has 0 unspecified atom stereocenters. The summed E-state index contributed by atoms with van der Waals surface area (Å²) in [6.07, 6.45) is 2.97. The lowest BCUT2D eigenvalue weighted by Gasteiger charge is -2.15. The van der Waals surface area contributed by atoms with Crippen LogP contribution in [0, 0.1) is 18.8 Å². The average Bonchev–Trinajstić information content (AvgIpc) is 3.28. The highest BCUT2D eigenvalue weighted by Gasteiger charge is 2.17. The molecule has 3 N–H and O–H groups in total. The smallest absolute Gasteiger partial charge is 0.178 e. The first-order valence-corrected chi connectivity index (χ1v) is 10.0. The molecule has 0 saturated carbocycles. The van der Waals surface area contributed by atoms with Gasteiger partial charge >= 0.3 is 0 Å². The number of Topliss-reactive ketones (excluding diaryl/α,β-unsaturated/α-hetero) is 1. The van der Waals surface area contributed by atoms with Gasteiger partial charge in [-0.25, -0.2) is 9.97 Å². The molecule has 0 aliphatic heterocycles. The summed E-state index contributed by atoms with van der Waals surface area (Å²) in [5.74, 6) is 1.35. The normalized spacial score (nSPS) is 12.9. The lowest BCUT2D eigenvalue weighted by molar-refractivity contribution is 0.0924. The quantitative estimate of drug-likeness (QED) is 0.401. The Bertz CT molecular complexity index is 1170. The van der Waals surface area contributed by atoms with Gasteiger partial charge in [0, 0.05) is 46.9 Å². The van der Waals surface area contributed by atoms with Crippen LogP contribution < -0.4 is 0 Å². The third kappa shape index (κ3) is 3.93. The molecule has 0 saturated heterocycles. The van der Waals surface area contributed by atoms with Crippen LogP contribution in [0.2, 0.25) is 0 Å².